The number of hydrogen-bond acceptors (Lipinski definition) is 4. The number of nitrogens with zero attached hydrogens (tertiary/aromatic N) is 3. The van der Waals surface area contributed by atoms with E-state index in [2.05, 4.69) is 15.4 Å². The van der Waals surface area contributed by atoms with Gasteiger partial charge in [0.2, 0.25) is 0 Å². The topological polar surface area (TPSA) is 73.0 Å². The lowest BCUT2D eigenvalue weighted by atomic mass is 10.1. The zero-order chi connectivity index (χ0) is 18.3. The number of aromatic nitrogens is 3. The van der Waals surface area contributed by atoms with Crippen molar-refractivity contribution < 1.29 is 9.21 Å². The first-order chi connectivity index (χ1) is 12.5. The van der Waals surface area contributed by atoms with Crippen molar-refractivity contribution in [1.29, 1.82) is 0 Å². The van der Waals surface area contributed by atoms with Gasteiger partial charge in [0.25, 0.3) is 5.91 Å². The molecule has 0 spiro atoms. The normalized spacial score (nSPS) is 11.0. The number of fused-ring (bicyclic) bond motifs is 1. The summed E-state index contributed by atoms with van der Waals surface area (Å²) in [6.07, 6.45) is 1.57. The molecule has 0 aliphatic heterocycles. The van der Waals surface area contributed by atoms with Gasteiger partial charge in [0.05, 0.1) is 22.9 Å². The molecule has 0 radical (unpaired) electrons. The number of carbonyl (C=O) groups is 1. The van der Waals surface area contributed by atoms with Crippen LogP contribution in [-0.4, -0.2) is 20.7 Å². The predicted octanol–water partition coefficient (Wildman–Crippen LogP) is 4.44. The highest BCUT2D eigenvalue weighted by Gasteiger charge is 2.20. The number of amides is 1. The van der Waals surface area contributed by atoms with Crippen LogP contribution in [0.4, 0.5) is 5.69 Å². The first kappa shape index (κ1) is 16.4. The van der Waals surface area contributed by atoms with Crippen LogP contribution in [0.3, 0.4) is 0 Å². The molecule has 0 aliphatic carbocycles. The average molecular weight is 367 g/mol. The van der Waals surface area contributed by atoms with Gasteiger partial charge in [0.1, 0.15) is 5.69 Å². The maximum Gasteiger partial charge on any atom is 0.256 e. The molecule has 1 N–H and O–H groups in total. The number of carbonyl (C=O) groups excluding carboxylic acids is 1. The fourth-order valence-electron chi connectivity index (χ4n) is 2.94. The van der Waals surface area contributed by atoms with Crippen LogP contribution in [0.15, 0.2) is 53.1 Å². The third-order valence-electron chi connectivity index (χ3n) is 4.07. The Morgan fingerprint density at radius 1 is 1.23 bits per heavy atom. The van der Waals surface area contributed by atoms with Gasteiger partial charge in [-0.2, -0.15) is 5.10 Å². The quantitative estimate of drug-likeness (QED) is 0.581. The van der Waals surface area contributed by atoms with E-state index < -0.39 is 0 Å². The summed E-state index contributed by atoms with van der Waals surface area (Å²) < 4.78 is 7.10. The van der Waals surface area contributed by atoms with Crippen molar-refractivity contribution in [2.24, 2.45) is 7.05 Å². The first-order valence-electron chi connectivity index (χ1n) is 7.98. The fraction of sp³-hybridized carbons (Fsp3) is 0.105. The minimum absolute atomic E-state index is 0.261. The molecule has 0 saturated carbocycles. The highest BCUT2D eigenvalue weighted by molar-refractivity contribution is 6.31. The third-order valence-corrected chi connectivity index (χ3v) is 4.30. The van der Waals surface area contributed by atoms with Gasteiger partial charge in [-0.1, -0.05) is 17.7 Å². The van der Waals surface area contributed by atoms with Crippen molar-refractivity contribution in [3.05, 3.63) is 65.0 Å². The van der Waals surface area contributed by atoms with Gasteiger partial charge in [0, 0.05) is 17.8 Å². The summed E-state index contributed by atoms with van der Waals surface area (Å²) in [6, 6.07) is 12.3. The van der Waals surface area contributed by atoms with Gasteiger partial charge in [-0.25, -0.2) is 4.98 Å². The Kier molecular flexibility index (Phi) is 3.97. The summed E-state index contributed by atoms with van der Waals surface area (Å²) in [5.41, 5.74) is 3.02. The molecular formula is C19H15ClN4O2. The first-order valence-corrected chi connectivity index (χ1v) is 8.36. The molecule has 3 aromatic heterocycles. The maximum atomic E-state index is 13.0. The number of nitrogens with one attached hydrogen (secondary N) is 1. The second-order valence-electron chi connectivity index (χ2n) is 5.90. The molecule has 0 fully saturated rings. The number of anilines is 1. The van der Waals surface area contributed by atoms with Crippen LogP contribution >= 0.6 is 11.6 Å². The van der Waals surface area contributed by atoms with Crippen molar-refractivity contribution in [3.8, 4) is 11.5 Å². The zero-order valence-corrected chi connectivity index (χ0v) is 14.9. The highest BCUT2D eigenvalue weighted by Crippen LogP contribution is 2.28. The van der Waals surface area contributed by atoms with Crippen molar-refractivity contribution >= 4 is 34.2 Å². The van der Waals surface area contributed by atoms with Crippen molar-refractivity contribution in [3.63, 3.8) is 0 Å². The Bertz CT molecular complexity index is 1120. The lowest BCUT2D eigenvalue weighted by molar-refractivity contribution is 0.102. The van der Waals surface area contributed by atoms with E-state index in [0.717, 1.165) is 5.69 Å². The Labute approximate surface area is 154 Å². The highest BCUT2D eigenvalue weighted by atomic mass is 35.5. The molecule has 1 amide bonds. The standard InChI is InChI=1S/C19H15ClN4O2/c1-11-17-14(19(25)21-13-6-3-5-12(20)9-13)10-15(16-7-4-8-26-16)22-18(17)24(2)23-11/h3-10H,1-2H3,(H,21,25). The number of benzene rings is 1. The van der Waals surface area contributed by atoms with Crippen LogP contribution in [0, 0.1) is 6.92 Å². The van der Waals surface area contributed by atoms with Crippen molar-refractivity contribution in [1.82, 2.24) is 14.8 Å². The molecular weight excluding hydrogens is 352 g/mol. The smallest absolute Gasteiger partial charge is 0.256 e. The van der Waals surface area contributed by atoms with Gasteiger partial charge in [0.15, 0.2) is 11.4 Å². The molecule has 130 valence electrons. The summed E-state index contributed by atoms with van der Waals surface area (Å²) >= 11 is 6.00. The molecule has 1 aromatic carbocycles. The van der Waals surface area contributed by atoms with Gasteiger partial charge in [-0.3, -0.25) is 9.48 Å². The SMILES string of the molecule is Cc1nn(C)c2nc(-c3ccco3)cc(C(=O)Nc3cccc(Cl)c3)c12. The lowest BCUT2D eigenvalue weighted by Crippen LogP contribution is -2.13. The second kappa shape index (κ2) is 6.31. The van der Waals surface area contributed by atoms with Gasteiger partial charge < -0.3 is 9.73 Å². The van der Waals surface area contributed by atoms with E-state index >= 15 is 0 Å². The van der Waals surface area contributed by atoms with E-state index in [9.17, 15) is 4.79 Å². The molecule has 0 bridgehead atoms. The molecule has 0 atom stereocenters. The number of pyridine rings is 1. The number of furan rings is 1. The van der Waals surface area contributed by atoms with E-state index in [1.165, 1.54) is 0 Å². The van der Waals surface area contributed by atoms with Gasteiger partial charge in [-0.05, 0) is 43.3 Å². The molecule has 0 aliphatic rings. The van der Waals surface area contributed by atoms with E-state index in [4.69, 9.17) is 16.0 Å². The Morgan fingerprint density at radius 3 is 2.81 bits per heavy atom. The fourth-order valence-corrected chi connectivity index (χ4v) is 3.13. The summed E-state index contributed by atoms with van der Waals surface area (Å²) in [7, 11) is 1.80. The van der Waals surface area contributed by atoms with E-state index in [-0.39, 0.29) is 5.91 Å². The summed E-state index contributed by atoms with van der Waals surface area (Å²) in [4.78, 5) is 17.6. The molecule has 0 unspecified atom stereocenters. The summed E-state index contributed by atoms with van der Waals surface area (Å²) in [5, 5.41) is 8.54. The van der Waals surface area contributed by atoms with Crippen LogP contribution in [-0.2, 0) is 7.05 Å². The molecule has 6 nitrogen and oxygen atoms in total. The largest absolute Gasteiger partial charge is 0.463 e. The minimum atomic E-state index is -0.261. The van der Waals surface area contributed by atoms with E-state index in [1.807, 2.05) is 6.92 Å². The predicted molar refractivity (Wildman–Crippen MR) is 100 cm³/mol. The zero-order valence-electron chi connectivity index (χ0n) is 14.2. The molecule has 7 heteroatoms. The van der Waals surface area contributed by atoms with Gasteiger partial charge in [-0.15, -0.1) is 0 Å². The van der Waals surface area contributed by atoms with Crippen LogP contribution < -0.4 is 5.32 Å². The number of rotatable bonds is 3. The van der Waals surface area contributed by atoms with Crippen molar-refractivity contribution in [2.75, 3.05) is 5.32 Å². The van der Waals surface area contributed by atoms with Crippen molar-refractivity contribution in [2.45, 2.75) is 6.92 Å². The molecule has 4 aromatic rings. The molecule has 4 rings (SSSR count). The lowest BCUT2D eigenvalue weighted by Gasteiger charge is -2.09. The maximum absolute atomic E-state index is 13.0. The van der Waals surface area contributed by atoms with Crippen LogP contribution in [0.5, 0.6) is 0 Å². The van der Waals surface area contributed by atoms with Crippen LogP contribution in [0.2, 0.25) is 5.02 Å². The molecule has 26 heavy (non-hydrogen) atoms. The van der Waals surface area contributed by atoms with Crippen LogP contribution in [0.1, 0.15) is 16.1 Å². The summed E-state index contributed by atoms with van der Waals surface area (Å²) in [6.45, 7) is 1.85. The Morgan fingerprint density at radius 2 is 2.08 bits per heavy atom. The number of hydrogen-bond donors (Lipinski definition) is 1. The molecule has 3 heterocycles. The summed E-state index contributed by atoms with van der Waals surface area (Å²) in [5.74, 6) is 0.325. The monoisotopic (exact) mass is 366 g/mol. The Hall–Kier alpha value is -3.12. The van der Waals surface area contributed by atoms with E-state index in [1.54, 1.807) is 60.5 Å². The van der Waals surface area contributed by atoms with E-state index in [0.29, 0.717) is 38.8 Å². The molecule has 0 saturated heterocycles. The van der Waals surface area contributed by atoms with Crippen LogP contribution in [0.25, 0.3) is 22.5 Å². The second-order valence-corrected chi connectivity index (χ2v) is 6.34. The van der Waals surface area contributed by atoms with Gasteiger partial charge >= 0.3 is 0 Å². The average Bonchev–Trinajstić information content (AvgIpc) is 3.23. The third kappa shape index (κ3) is 2.84. The minimum Gasteiger partial charge on any atom is -0.463 e. The Balaban J connectivity index is 1.85. The number of halogens is 1. The number of aryl methyl sites for hydroxylation is 2.